The van der Waals surface area contributed by atoms with E-state index in [1.54, 1.807) is 6.07 Å². The van der Waals surface area contributed by atoms with E-state index in [0.29, 0.717) is 17.3 Å². The number of unbranched alkanes of at least 4 members (excludes halogenated alkanes) is 2. The van der Waals surface area contributed by atoms with Gasteiger partial charge in [0.05, 0.1) is 6.61 Å². The molecule has 1 N–H and O–H groups in total. The van der Waals surface area contributed by atoms with Crippen LogP contribution in [-0.4, -0.2) is 20.8 Å². The summed E-state index contributed by atoms with van der Waals surface area (Å²) in [5.41, 5.74) is 1.81. The zero-order valence-corrected chi connectivity index (χ0v) is 15.9. The van der Waals surface area contributed by atoms with Gasteiger partial charge in [0, 0.05) is 18.8 Å². The van der Waals surface area contributed by atoms with Crippen molar-refractivity contribution in [2.45, 2.75) is 58.3 Å². The minimum Gasteiger partial charge on any atom is -0.450 e. The number of anilines is 1. The molecule has 0 spiro atoms. The number of carbonyl (C=O) groups excluding carboxylic acids is 1. The maximum absolute atomic E-state index is 11.7. The van der Waals surface area contributed by atoms with Crippen LogP contribution >= 0.6 is 11.6 Å². The zero-order chi connectivity index (χ0) is 16.6. The third-order valence-electron chi connectivity index (χ3n) is 3.43. The number of ether oxygens (including phenoxy) is 1. The molecule has 5 heteroatoms. The highest BCUT2D eigenvalue weighted by molar-refractivity contribution is 6.76. The predicted molar refractivity (Wildman–Crippen MR) is 97.8 cm³/mol. The fourth-order valence-corrected chi connectivity index (χ4v) is 2.99. The van der Waals surface area contributed by atoms with E-state index in [2.05, 4.69) is 31.9 Å². The molecule has 0 aromatic heterocycles. The van der Waals surface area contributed by atoms with E-state index in [4.69, 9.17) is 16.3 Å². The molecule has 3 nitrogen and oxygen atoms in total. The number of hydrogen-bond donors (Lipinski definition) is 1. The van der Waals surface area contributed by atoms with Crippen molar-refractivity contribution in [3.63, 3.8) is 0 Å². The molecule has 0 radical (unpaired) electrons. The minimum absolute atomic E-state index is 0.409. The molecule has 0 fully saturated rings. The summed E-state index contributed by atoms with van der Waals surface area (Å²) < 4.78 is 5.21. The Labute approximate surface area is 140 Å². The van der Waals surface area contributed by atoms with Gasteiger partial charge in [0.1, 0.15) is 0 Å². The topological polar surface area (TPSA) is 38.3 Å². The van der Waals surface area contributed by atoms with Crippen LogP contribution in [0.1, 0.15) is 31.7 Å². The maximum atomic E-state index is 11.7. The lowest BCUT2D eigenvalue weighted by Gasteiger charge is -2.15. The predicted octanol–water partition coefficient (Wildman–Crippen LogP) is 5.96. The summed E-state index contributed by atoms with van der Waals surface area (Å²) in [4.78, 5) is 11.7. The fourth-order valence-electron chi connectivity index (χ4n) is 2.00. The normalized spacial score (nSPS) is 11.3. The van der Waals surface area contributed by atoms with Crippen LogP contribution in [0.4, 0.5) is 10.5 Å². The molecule has 22 heavy (non-hydrogen) atoms. The van der Waals surface area contributed by atoms with Crippen molar-refractivity contribution in [3.05, 3.63) is 28.8 Å². The van der Waals surface area contributed by atoms with E-state index in [-0.39, 0.29) is 0 Å². The van der Waals surface area contributed by atoms with Crippen molar-refractivity contribution in [1.29, 1.82) is 0 Å². The molecule has 0 aliphatic carbocycles. The van der Waals surface area contributed by atoms with Crippen molar-refractivity contribution < 1.29 is 9.53 Å². The van der Waals surface area contributed by atoms with E-state index in [9.17, 15) is 4.79 Å². The fraction of sp³-hybridized carbons (Fsp3) is 0.588. The van der Waals surface area contributed by atoms with Crippen molar-refractivity contribution in [3.8, 4) is 0 Å². The summed E-state index contributed by atoms with van der Waals surface area (Å²) in [6.07, 6.45) is 4.11. The summed E-state index contributed by atoms with van der Waals surface area (Å²) in [5.74, 6) is 0. The second-order valence-corrected chi connectivity index (χ2v) is 12.9. The van der Waals surface area contributed by atoms with Crippen LogP contribution in [0.15, 0.2) is 18.2 Å². The molecular formula is C17H28ClNO2Si. The molecule has 0 aliphatic heterocycles. The molecular weight excluding hydrogens is 314 g/mol. The Balaban J connectivity index is 2.45. The number of amides is 1. The monoisotopic (exact) mass is 341 g/mol. The van der Waals surface area contributed by atoms with Gasteiger partial charge in [-0.15, -0.1) is 0 Å². The minimum atomic E-state index is -1.17. The Kier molecular flexibility index (Phi) is 7.97. The van der Waals surface area contributed by atoms with Gasteiger partial charge in [0.25, 0.3) is 0 Å². The lowest BCUT2D eigenvalue weighted by molar-refractivity contribution is 0.167. The average molecular weight is 342 g/mol. The molecule has 124 valence electrons. The number of aryl methyl sites for hydroxylation is 1. The van der Waals surface area contributed by atoms with Crippen molar-refractivity contribution in [2.75, 3.05) is 11.9 Å². The van der Waals surface area contributed by atoms with Crippen LogP contribution in [-0.2, 0) is 11.2 Å². The highest BCUT2D eigenvalue weighted by Crippen LogP contribution is 2.23. The van der Waals surface area contributed by atoms with E-state index in [1.807, 2.05) is 12.1 Å². The number of benzene rings is 1. The Hall–Kier alpha value is -1.00. The third kappa shape index (κ3) is 7.85. The Morgan fingerprint density at radius 3 is 2.59 bits per heavy atom. The molecule has 0 heterocycles. The van der Waals surface area contributed by atoms with Gasteiger partial charge in [0.2, 0.25) is 0 Å². The van der Waals surface area contributed by atoms with Crippen LogP contribution in [0, 0.1) is 0 Å². The maximum Gasteiger partial charge on any atom is 0.411 e. The van der Waals surface area contributed by atoms with Crippen LogP contribution in [0.3, 0.4) is 0 Å². The quantitative estimate of drug-likeness (QED) is 0.468. The van der Waals surface area contributed by atoms with Crippen molar-refractivity contribution >= 4 is 31.5 Å². The summed E-state index contributed by atoms with van der Waals surface area (Å²) >= 11 is 6.27. The van der Waals surface area contributed by atoms with Crippen LogP contribution in [0.25, 0.3) is 0 Å². The first-order valence-corrected chi connectivity index (χ1v) is 12.1. The SMILES string of the molecule is CCCCCc1ccc(NC(=O)OCC[Si](C)(C)C)cc1Cl. The average Bonchev–Trinajstić information content (AvgIpc) is 2.40. The van der Waals surface area contributed by atoms with Gasteiger partial charge in [-0.1, -0.05) is 57.1 Å². The molecule has 0 atom stereocenters. The molecule has 0 saturated heterocycles. The smallest absolute Gasteiger partial charge is 0.411 e. The zero-order valence-electron chi connectivity index (χ0n) is 14.2. The highest BCUT2D eigenvalue weighted by Gasteiger charge is 2.14. The number of rotatable bonds is 8. The molecule has 0 unspecified atom stereocenters. The van der Waals surface area contributed by atoms with Crippen LogP contribution < -0.4 is 5.32 Å². The molecule has 0 saturated carbocycles. The summed E-state index contributed by atoms with van der Waals surface area (Å²) in [5, 5.41) is 3.44. The number of halogens is 1. The number of nitrogens with one attached hydrogen (secondary N) is 1. The second kappa shape index (κ2) is 9.21. The van der Waals surface area contributed by atoms with Crippen LogP contribution in [0.2, 0.25) is 30.7 Å². The Morgan fingerprint density at radius 2 is 2.00 bits per heavy atom. The number of carbonyl (C=O) groups is 1. The Bertz CT molecular complexity index is 486. The van der Waals surface area contributed by atoms with Crippen molar-refractivity contribution in [1.82, 2.24) is 0 Å². The standard InChI is InChI=1S/C17H28ClNO2Si/c1-5-6-7-8-14-9-10-15(13-16(14)18)19-17(20)21-11-12-22(2,3)4/h9-10,13H,5-8,11-12H2,1-4H3,(H,19,20). The van der Waals surface area contributed by atoms with E-state index in [0.717, 1.165) is 24.4 Å². The van der Waals surface area contributed by atoms with Gasteiger partial charge in [-0.2, -0.15) is 0 Å². The van der Waals surface area contributed by atoms with Crippen LogP contribution in [0.5, 0.6) is 0 Å². The largest absolute Gasteiger partial charge is 0.450 e. The van der Waals surface area contributed by atoms with Gasteiger partial charge < -0.3 is 4.74 Å². The molecule has 0 bridgehead atoms. The highest BCUT2D eigenvalue weighted by atomic mass is 35.5. The van der Waals surface area contributed by atoms with Gasteiger partial charge >= 0.3 is 6.09 Å². The lowest BCUT2D eigenvalue weighted by atomic mass is 10.1. The van der Waals surface area contributed by atoms with E-state index < -0.39 is 14.2 Å². The molecule has 0 aliphatic rings. The van der Waals surface area contributed by atoms with E-state index in [1.165, 1.54) is 12.8 Å². The molecule has 1 amide bonds. The van der Waals surface area contributed by atoms with Gasteiger partial charge in [-0.3, -0.25) is 5.32 Å². The molecule has 1 aromatic rings. The lowest BCUT2D eigenvalue weighted by Crippen LogP contribution is -2.24. The first-order valence-electron chi connectivity index (χ1n) is 8.04. The van der Waals surface area contributed by atoms with E-state index >= 15 is 0 Å². The Morgan fingerprint density at radius 1 is 1.27 bits per heavy atom. The molecule has 1 aromatic carbocycles. The second-order valence-electron chi connectivity index (χ2n) is 6.83. The van der Waals surface area contributed by atoms with Gasteiger partial charge in [-0.25, -0.2) is 4.79 Å². The summed E-state index contributed by atoms with van der Waals surface area (Å²) in [7, 11) is -1.17. The first-order chi connectivity index (χ1) is 10.3. The number of hydrogen-bond acceptors (Lipinski definition) is 2. The summed E-state index contributed by atoms with van der Waals surface area (Å²) in [6, 6.07) is 6.63. The van der Waals surface area contributed by atoms with Crippen molar-refractivity contribution in [2.24, 2.45) is 0 Å². The van der Waals surface area contributed by atoms with Gasteiger partial charge in [-0.05, 0) is 36.6 Å². The third-order valence-corrected chi connectivity index (χ3v) is 5.49. The first kappa shape index (κ1) is 19.0. The summed E-state index contributed by atoms with van der Waals surface area (Å²) in [6.45, 7) is 9.43. The molecule has 1 rings (SSSR count). The van der Waals surface area contributed by atoms with Gasteiger partial charge in [0.15, 0.2) is 0 Å².